The second-order valence-electron chi connectivity index (χ2n) is 1.51. The van der Waals surface area contributed by atoms with Crippen molar-refractivity contribution >= 4 is 27.3 Å². The molecule has 1 nitrogen and oxygen atoms in total. The van der Waals surface area contributed by atoms with Crippen LogP contribution in [-0.2, 0) is 0 Å². The van der Waals surface area contributed by atoms with Crippen molar-refractivity contribution < 1.29 is 0 Å². The predicted octanol–water partition coefficient (Wildman–Crippen LogP) is 2.71. The maximum atomic E-state index is 8.42. The van der Waals surface area contributed by atoms with Crippen molar-refractivity contribution in [2.45, 2.75) is 4.83 Å². The molecule has 1 atom stereocenters. The molecule has 0 saturated heterocycles. The highest BCUT2D eigenvalue weighted by atomic mass is 79.9. The summed E-state index contributed by atoms with van der Waals surface area (Å²) in [6.07, 6.45) is 0. The van der Waals surface area contributed by atoms with E-state index in [1.54, 1.807) is 11.3 Å². The monoisotopic (exact) mass is 201 g/mol. The molecule has 0 spiro atoms. The average molecular weight is 202 g/mol. The second-order valence-corrected chi connectivity index (χ2v) is 3.40. The molecule has 3 heteroatoms. The van der Waals surface area contributed by atoms with Gasteiger partial charge in [0.05, 0.1) is 6.07 Å². The minimum Gasteiger partial charge on any atom is -0.197 e. The topological polar surface area (TPSA) is 23.8 Å². The minimum atomic E-state index is -0.127. The number of hydrogen-bond donors (Lipinski definition) is 0. The Morgan fingerprint density at radius 2 is 2.56 bits per heavy atom. The summed E-state index contributed by atoms with van der Waals surface area (Å²) in [5.74, 6) is 0. The lowest BCUT2D eigenvalue weighted by Crippen LogP contribution is -1.75. The molecule has 0 fully saturated rings. The van der Waals surface area contributed by atoms with Crippen LogP contribution in [0, 0.1) is 11.3 Å². The fraction of sp³-hybridized carbons (Fsp3) is 0.167. The van der Waals surface area contributed by atoms with Gasteiger partial charge in [-0.15, -0.1) is 11.3 Å². The second kappa shape index (κ2) is 3.00. The van der Waals surface area contributed by atoms with Crippen molar-refractivity contribution in [1.29, 1.82) is 5.26 Å². The van der Waals surface area contributed by atoms with Gasteiger partial charge < -0.3 is 0 Å². The molecule has 1 aromatic rings. The van der Waals surface area contributed by atoms with E-state index in [2.05, 4.69) is 22.0 Å². The molecule has 0 saturated carbocycles. The zero-order valence-electron chi connectivity index (χ0n) is 4.54. The molecule has 0 aliphatic heterocycles. The molecule has 0 aliphatic carbocycles. The van der Waals surface area contributed by atoms with Crippen LogP contribution in [0.1, 0.15) is 9.70 Å². The molecular formula is C6H4BrNS. The smallest absolute Gasteiger partial charge is 0.135 e. The molecule has 0 aromatic carbocycles. The van der Waals surface area contributed by atoms with Crippen LogP contribution in [0.15, 0.2) is 17.5 Å². The summed E-state index contributed by atoms with van der Waals surface area (Å²) < 4.78 is 0. The molecule has 0 amide bonds. The van der Waals surface area contributed by atoms with Crippen molar-refractivity contribution in [3.8, 4) is 6.07 Å². The Bertz CT molecular complexity index is 211. The maximum absolute atomic E-state index is 8.42. The van der Waals surface area contributed by atoms with Crippen LogP contribution in [-0.4, -0.2) is 0 Å². The van der Waals surface area contributed by atoms with Gasteiger partial charge in [0.15, 0.2) is 0 Å². The summed E-state index contributed by atoms with van der Waals surface area (Å²) in [5.41, 5.74) is 0. The molecule has 0 aliphatic rings. The first kappa shape index (κ1) is 6.79. The van der Waals surface area contributed by atoms with Crippen LogP contribution < -0.4 is 0 Å². The highest BCUT2D eigenvalue weighted by Crippen LogP contribution is 2.25. The van der Waals surface area contributed by atoms with Crippen molar-refractivity contribution in [2.75, 3.05) is 0 Å². The van der Waals surface area contributed by atoms with Crippen molar-refractivity contribution in [3.63, 3.8) is 0 Å². The number of halogens is 1. The Labute approximate surface area is 66.1 Å². The largest absolute Gasteiger partial charge is 0.197 e. The summed E-state index contributed by atoms with van der Waals surface area (Å²) in [6, 6.07) is 5.97. The number of alkyl halides is 1. The molecular weight excluding hydrogens is 198 g/mol. The molecule has 1 heterocycles. The quantitative estimate of drug-likeness (QED) is 0.642. The van der Waals surface area contributed by atoms with Gasteiger partial charge in [-0.05, 0) is 11.4 Å². The van der Waals surface area contributed by atoms with Crippen molar-refractivity contribution in [3.05, 3.63) is 22.4 Å². The standard InChI is InChI=1S/C6H4BrNS/c7-5(4-8)6-2-1-3-9-6/h1-3,5H. The molecule has 1 aromatic heterocycles. The highest BCUT2D eigenvalue weighted by Gasteiger charge is 2.03. The van der Waals surface area contributed by atoms with Gasteiger partial charge in [-0.3, -0.25) is 0 Å². The van der Waals surface area contributed by atoms with Gasteiger partial charge in [0, 0.05) is 4.88 Å². The van der Waals surface area contributed by atoms with Crippen LogP contribution in [0.25, 0.3) is 0 Å². The average Bonchev–Trinajstić information content (AvgIpc) is 2.37. The SMILES string of the molecule is N#CC(Br)c1cccs1. The van der Waals surface area contributed by atoms with Crippen LogP contribution in [0.3, 0.4) is 0 Å². The van der Waals surface area contributed by atoms with E-state index in [9.17, 15) is 0 Å². The van der Waals surface area contributed by atoms with Crippen molar-refractivity contribution in [2.24, 2.45) is 0 Å². The van der Waals surface area contributed by atoms with E-state index in [0.717, 1.165) is 4.88 Å². The van der Waals surface area contributed by atoms with Crippen LogP contribution in [0.4, 0.5) is 0 Å². The first-order valence-corrected chi connectivity index (χ1v) is 4.21. The van der Waals surface area contributed by atoms with Crippen LogP contribution in [0.2, 0.25) is 0 Å². The fourth-order valence-corrected chi connectivity index (χ4v) is 1.62. The summed E-state index contributed by atoms with van der Waals surface area (Å²) in [6.45, 7) is 0. The highest BCUT2D eigenvalue weighted by molar-refractivity contribution is 9.09. The van der Waals surface area contributed by atoms with Gasteiger partial charge in [0.1, 0.15) is 4.83 Å². The zero-order valence-corrected chi connectivity index (χ0v) is 6.95. The molecule has 1 rings (SSSR count). The van der Waals surface area contributed by atoms with Gasteiger partial charge in [-0.2, -0.15) is 5.26 Å². The number of nitriles is 1. The van der Waals surface area contributed by atoms with Gasteiger partial charge in [-0.1, -0.05) is 22.0 Å². The Kier molecular flexibility index (Phi) is 2.26. The lowest BCUT2D eigenvalue weighted by molar-refractivity contribution is 1.30. The first-order valence-electron chi connectivity index (χ1n) is 2.41. The van der Waals surface area contributed by atoms with Gasteiger partial charge >= 0.3 is 0 Å². The first-order chi connectivity index (χ1) is 4.34. The number of rotatable bonds is 1. The zero-order chi connectivity index (χ0) is 6.69. The molecule has 0 N–H and O–H groups in total. The number of thiophene rings is 1. The summed E-state index contributed by atoms with van der Waals surface area (Å²) in [5, 5.41) is 10.4. The van der Waals surface area contributed by atoms with E-state index in [1.807, 2.05) is 17.5 Å². The molecule has 46 valence electrons. The number of nitrogens with zero attached hydrogens (tertiary/aromatic N) is 1. The Balaban J connectivity index is 2.80. The van der Waals surface area contributed by atoms with E-state index in [1.165, 1.54) is 0 Å². The molecule has 9 heavy (non-hydrogen) atoms. The Morgan fingerprint density at radius 1 is 1.78 bits per heavy atom. The van der Waals surface area contributed by atoms with Crippen LogP contribution in [0.5, 0.6) is 0 Å². The maximum Gasteiger partial charge on any atom is 0.135 e. The Hall–Kier alpha value is -0.330. The van der Waals surface area contributed by atoms with E-state index in [0.29, 0.717) is 0 Å². The summed E-state index contributed by atoms with van der Waals surface area (Å²) in [4.78, 5) is 0.940. The normalized spacial score (nSPS) is 12.4. The molecule has 0 radical (unpaired) electrons. The molecule has 0 bridgehead atoms. The van der Waals surface area contributed by atoms with Crippen LogP contribution >= 0.6 is 27.3 Å². The van der Waals surface area contributed by atoms with E-state index in [4.69, 9.17) is 5.26 Å². The van der Waals surface area contributed by atoms with E-state index in [-0.39, 0.29) is 4.83 Å². The van der Waals surface area contributed by atoms with Gasteiger partial charge in [0.2, 0.25) is 0 Å². The predicted molar refractivity (Wildman–Crippen MR) is 41.6 cm³/mol. The third-order valence-corrected chi connectivity index (χ3v) is 2.84. The Morgan fingerprint density at radius 3 is 3.00 bits per heavy atom. The minimum absolute atomic E-state index is 0.127. The lowest BCUT2D eigenvalue weighted by Gasteiger charge is -1.90. The lowest BCUT2D eigenvalue weighted by atomic mass is 10.4. The third-order valence-electron chi connectivity index (χ3n) is 0.906. The number of hydrogen-bond acceptors (Lipinski definition) is 2. The summed E-state index contributed by atoms with van der Waals surface area (Å²) >= 11 is 4.80. The fourth-order valence-electron chi connectivity index (χ4n) is 0.499. The van der Waals surface area contributed by atoms with Crippen molar-refractivity contribution in [1.82, 2.24) is 0 Å². The van der Waals surface area contributed by atoms with E-state index >= 15 is 0 Å². The third kappa shape index (κ3) is 1.54. The van der Waals surface area contributed by atoms with Gasteiger partial charge in [-0.25, -0.2) is 0 Å². The van der Waals surface area contributed by atoms with E-state index < -0.39 is 0 Å². The van der Waals surface area contributed by atoms with Gasteiger partial charge in [0.25, 0.3) is 0 Å². The molecule has 1 unspecified atom stereocenters. The summed E-state index contributed by atoms with van der Waals surface area (Å²) in [7, 11) is 0.